The lowest BCUT2D eigenvalue weighted by atomic mass is 9.77. The summed E-state index contributed by atoms with van der Waals surface area (Å²) in [5.41, 5.74) is -0.162. The van der Waals surface area contributed by atoms with Crippen molar-refractivity contribution in [3.8, 4) is 0 Å². The number of hydrogen-bond acceptors (Lipinski definition) is 7. The van der Waals surface area contributed by atoms with E-state index in [9.17, 15) is 24.3 Å². The zero-order chi connectivity index (χ0) is 33.3. The fraction of sp³-hybridized carbons (Fsp3) is 0.444. The van der Waals surface area contributed by atoms with Crippen molar-refractivity contribution in [3.63, 3.8) is 0 Å². The molecule has 11 heteroatoms. The zero-order valence-corrected chi connectivity index (χ0v) is 27.2. The second kappa shape index (κ2) is 13.6. The van der Waals surface area contributed by atoms with Crippen molar-refractivity contribution >= 4 is 41.0 Å². The van der Waals surface area contributed by atoms with Gasteiger partial charge >= 0.3 is 5.97 Å². The van der Waals surface area contributed by atoms with E-state index in [0.29, 0.717) is 23.6 Å². The third-order valence-electron chi connectivity index (χ3n) is 9.99. The minimum atomic E-state index is -1.50. The number of cyclic esters (lactones) is 1. The van der Waals surface area contributed by atoms with E-state index in [2.05, 4.69) is 5.32 Å². The Morgan fingerprint density at radius 1 is 1.04 bits per heavy atom. The second-order valence-electron chi connectivity index (χ2n) is 12.7. The molecule has 2 fully saturated rings. The molecule has 0 bridgehead atoms. The number of aliphatic hydroxyl groups excluding tert-OH is 1. The number of nitrogens with zero attached hydrogens (tertiary/aromatic N) is 2. The molecule has 47 heavy (non-hydrogen) atoms. The third kappa shape index (κ3) is 5.98. The molecule has 248 valence electrons. The number of allylic oxidation sites excluding steroid dienone is 1. The van der Waals surface area contributed by atoms with Crippen LogP contribution in [0.1, 0.15) is 44.7 Å². The SMILES string of the molecule is CC[C@H](C)[C@H](CO)N1C(=O)[C@@H]2[C@H]3C(=O)N[C@H](c4ccccc4)COC(=O)CC/C=C\[C@H]3O[C@@]23C=CCN(c2ccc(Cl)cc2)C(=O)[C@@H]13. The molecule has 1 spiro atoms. The van der Waals surface area contributed by atoms with E-state index in [4.69, 9.17) is 21.1 Å². The first-order chi connectivity index (χ1) is 22.7. The van der Waals surface area contributed by atoms with Crippen molar-refractivity contribution in [1.29, 1.82) is 0 Å². The van der Waals surface area contributed by atoms with Crippen LogP contribution in [0.4, 0.5) is 5.69 Å². The summed E-state index contributed by atoms with van der Waals surface area (Å²) < 4.78 is 12.4. The van der Waals surface area contributed by atoms with Gasteiger partial charge < -0.3 is 29.7 Å². The number of benzene rings is 2. The largest absolute Gasteiger partial charge is 0.463 e. The van der Waals surface area contributed by atoms with Crippen molar-refractivity contribution < 1.29 is 33.8 Å². The fourth-order valence-corrected chi connectivity index (χ4v) is 7.53. The Bertz CT molecular complexity index is 1560. The van der Waals surface area contributed by atoms with Crippen molar-refractivity contribution in [1.82, 2.24) is 10.2 Å². The van der Waals surface area contributed by atoms with Gasteiger partial charge in [0.05, 0.1) is 36.6 Å². The highest BCUT2D eigenvalue weighted by atomic mass is 35.5. The molecule has 0 aromatic heterocycles. The lowest BCUT2D eigenvalue weighted by molar-refractivity contribution is -0.147. The summed E-state index contributed by atoms with van der Waals surface area (Å²) in [4.78, 5) is 59.6. The summed E-state index contributed by atoms with van der Waals surface area (Å²) in [6, 6.07) is 13.6. The van der Waals surface area contributed by atoms with Crippen LogP contribution in [0.2, 0.25) is 5.02 Å². The van der Waals surface area contributed by atoms with Gasteiger partial charge in [0.25, 0.3) is 5.91 Å². The zero-order valence-electron chi connectivity index (χ0n) is 26.5. The van der Waals surface area contributed by atoms with Crippen LogP contribution in [0.5, 0.6) is 0 Å². The van der Waals surface area contributed by atoms with E-state index in [0.717, 1.165) is 5.56 Å². The third-order valence-corrected chi connectivity index (χ3v) is 10.2. The first-order valence-electron chi connectivity index (χ1n) is 16.2. The first-order valence-corrected chi connectivity index (χ1v) is 16.6. The first kappa shape index (κ1) is 32.9. The molecule has 0 radical (unpaired) electrons. The lowest BCUT2D eigenvalue weighted by Gasteiger charge is -2.40. The van der Waals surface area contributed by atoms with Gasteiger partial charge in [-0.3, -0.25) is 19.2 Å². The van der Waals surface area contributed by atoms with Gasteiger partial charge in [0, 0.05) is 23.7 Å². The number of amides is 3. The summed E-state index contributed by atoms with van der Waals surface area (Å²) in [5, 5.41) is 14.2. The predicted octanol–water partition coefficient (Wildman–Crippen LogP) is 3.98. The Labute approximate surface area is 279 Å². The molecule has 4 aliphatic rings. The number of likely N-dealkylation sites (tertiary alicyclic amines) is 1. The number of carbonyl (C=O) groups excluding carboxylic acids is 4. The number of esters is 1. The molecule has 4 aliphatic heterocycles. The highest BCUT2D eigenvalue weighted by Gasteiger charge is 2.72. The van der Waals surface area contributed by atoms with Crippen LogP contribution in [0.25, 0.3) is 0 Å². The standard InChI is InChI=1S/C36H40ClN3O7/c1-3-22(2)27(20-41)40-32-35(45)39(25-16-14-24(37)15-17-25)19-9-18-36(32)31(34(40)44)30-28(47-36)12-7-8-13-29(42)46-21-26(38-33(30)43)23-10-5-4-6-11-23/h4-7,9-12,14-18,22,26-28,30-32,41H,3,8,13,19-21H2,1-2H3,(H,38,43)/b12-7-/t22-,26-,27-,28+,30-,31-,32+,36-/m0/s1. The molecule has 2 aromatic carbocycles. The molecule has 2 N–H and O–H groups in total. The highest BCUT2D eigenvalue weighted by molar-refractivity contribution is 6.30. The van der Waals surface area contributed by atoms with Crippen molar-refractivity contribution in [2.45, 2.75) is 62.9 Å². The average molecular weight is 662 g/mol. The molecular weight excluding hydrogens is 622 g/mol. The second-order valence-corrected chi connectivity index (χ2v) is 13.1. The smallest absolute Gasteiger partial charge is 0.306 e. The van der Waals surface area contributed by atoms with E-state index < -0.39 is 59.5 Å². The van der Waals surface area contributed by atoms with Gasteiger partial charge in [0.15, 0.2) is 0 Å². The summed E-state index contributed by atoms with van der Waals surface area (Å²) >= 11 is 6.16. The van der Waals surface area contributed by atoms with Crippen LogP contribution in [0.15, 0.2) is 78.9 Å². The summed E-state index contributed by atoms with van der Waals surface area (Å²) in [7, 11) is 0. The number of ether oxygens (including phenoxy) is 2. The summed E-state index contributed by atoms with van der Waals surface area (Å²) in [5.74, 6) is -3.87. The summed E-state index contributed by atoms with van der Waals surface area (Å²) in [6.07, 6.45) is 7.33. The molecule has 8 atom stereocenters. The topological polar surface area (TPSA) is 125 Å². The molecule has 6 rings (SSSR count). The Kier molecular flexibility index (Phi) is 9.55. The van der Waals surface area contributed by atoms with Crippen LogP contribution in [0.3, 0.4) is 0 Å². The Morgan fingerprint density at radius 3 is 2.49 bits per heavy atom. The maximum atomic E-state index is 14.8. The maximum absolute atomic E-state index is 14.8. The monoisotopic (exact) mass is 661 g/mol. The number of halogens is 1. The quantitative estimate of drug-likeness (QED) is 0.354. The minimum Gasteiger partial charge on any atom is -0.463 e. The molecule has 4 heterocycles. The van der Waals surface area contributed by atoms with Crippen molar-refractivity contribution in [2.24, 2.45) is 17.8 Å². The van der Waals surface area contributed by atoms with E-state index in [1.165, 1.54) is 4.90 Å². The number of nitrogens with one attached hydrogen (secondary N) is 1. The van der Waals surface area contributed by atoms with Gasteiger partial charge in [-0.15, -0.1) is 0 Å². The summed E-state index contributed by atoms with van der Waals surface area (Å²) in [6.45, 7) is 3.66. The average Bonchev–Trinajstić information content (AvgIpc) is 3.46. The molecular formula is C36H40ClN3O7. The minimum absolute atomic E-state index is 0.0793. The normalized spacial score (nSPS) is 31.4. The van der Waals surface area contributed by atoms with Crippen LogP contribution < -0.4 is 10.2 Å². The molecule has 3 amide bonds. The van der Waals surface area contributed by atoms with Crippen LogP contribution in [-0.4, -0.2) is 77.2 Å². The number of hydrogen-bond donors (Lipinski definition) is 2. The van der Waals surface area contributed by atoms with Gasteiger partial charge in [-0.05, 0) is 42.2 Å². The van der Waals surface area contributed by atoms with Crippen LogP contribution in [-0.2, 0) is 28.7 Å². The molecule has 2 aromatic rings. The van der Waals surface area contributed by atoms with Gasteiger partial charge in [-0.1, -0.05) is 86.5 Å². The Hall–Kier alpha value is -3.99. The molecule has 10 nitrogen and oxygen atoms in total. The highest BCUT2D eigenvalue weighted by Crippen LogP contribution is 2.54. The molecule has 0 aliphatic carbocycles. The lowest BCUT2D eigenvalue weighted by Crippen LogP contribution is -2.59. The van der Waals surface area contributed by atoms with Crippen LogP contribution in [0, 0.1) is 17.8 Å². The number of aliphatic hydroxyl groups is 1. The number of fused-ring (bicyclic) bond motifs is 2. The van der Waals surface area contributed by atoms with Gasteiger partial charge in [-0.2, -0.15) is 0 Å². The molecule has 0 unspecified atom stereocenters. The van der Waals surface area contributed by atoms with Gasteiger partial charge in [0.2, 0.25) is 11.8 Å². The maximum Gasteiger partial charge on any atom is 0.306 e. The van der Waals surface area contributed by atoms with E-state index >= 15 is 0 Å². The van der Waals surface area contributed by atoms with E-state index in [-0.39, 0.29) is 38.0 Å². The van der Waals surface area contributed by atoms with Crippen molar-refractivity contribution in [3.05, 3.63) is 89.5 Å². The predicted molar refractivity (Wildman–Crippen MR) is 175 cm³/mol. The molecule has 0 saturated carbocycles. The number of anilines is 1. The van der Waals surface area contributed by atoms with Crippen LogP contribution >= 0.6 is 11.6 Å². The van der Waals surface area contributed by atoms with Crippen molar-refractivity contribution in [2.75, 3.05) is 24.7 Å². The number of rotatable bonds is 6. The number of carbonyl (C=O) groups is 4. The van der Waals surface area contributed by atoms with Gasteiger partial charge in [0.1, 0.15) is 18.2 Å². The fourth-order valence-electron chi connectivity index (χ4n) is 7.40. The Morgan fingerprint density at radius 2 is 1.79 bits per heavy atom. The van der Waals surface area contributed by atoms with E-state index in [1.807, 2.05) is 50.3 Å². The van der Waals surface area contributed by atoms with Gasteiger partial charge in [-0.25, -0.2) is 0 Å². The molecule has 2 saturated heterocycles. The van der Waals surface area contributed by atoms with E-state index in [1.54, 1.807) is 47.4 Å². The Balaban J connectivity index is 1.47.